The van der Waals surface area contributed by atoms with E-state index in [1.54, 1.807) is 6.07 Å². The summed E-state index contributed by atoms with van der Waals surface area (Å²) in [4.78, 5) is 5.00. The first-order chi connectivity index (χ1) is 7.65. The minimum Gasteiger partial charge on any atom is -0.358 e. The molecule has 0 amide bonds. The van der Waals surface area contributed by atoms with E-state index in [0.29, 0.717) is 12.1 Å². The number of H-pyrrole nitrogens is 1. The third kappa shape index (κ3) is 1.70. The molecule has 2 aromatic rings. The number of nitrogens with zero attached hydrogens (tertiary/aromatic N) is 1. The van der Waals surface area contributed by atoms with Gasteiger partial charge in [0.2, 0.25) is 0 Å². The summed E-state index contributed by atoms with van der Waals surface area (Å²) in [5, 5.41) is 0.907. The van der Waals surface area contributed by atoms with E-state index in [2.05, 4.69) is 4.98 Å². The standard InChI is InChI=1S/C12H16FN3/c1-16(2)11(6-14)9-7-15-12-8(9)4-3-5-10(12)13/h3-5,7,11,15H,6,14H2,1-2H3/t11-/m1/s1. The SMILES string of the molecule is CN(C)[C@H](CN)c1c[nH]c2c(F)cccc12. The van der Waals surface area contributed by atoms with E-state index in [1.807, 2.05) is 31.3 Å². The smallest absolute Gasteiger partial charge is 0.147 e. The fourth-order valence-corrected chi connectivity index (χ4v) is 2.03. The quantitative estimate of drug-likeness (QED) is 0.831. The van der Waals surface area contributed by atoms with Gasteiger partial charge in [0.25, 0.3) is 0 Å². The summed E-state index contributed by atoms with van der Waals surface area (Å²) in [5.74, 6) is -0.224. The van der Waals surface area contributed by atoms with Gasteiger partial charge in [0.1, 0.15) is 5.82 Å². The summed E-state index contributed by atoms with van der Waals surface area (Å²) in [6.45, 7) is 0.510. The van der Waals surface area contributed by atoms with Crippen LogP contribution in [0.3, 0.4) is 0 Å². The maximum absolute atomic E-state index is 13.5. The lowest BCUT2D eigenvalue weighted by molar-refractivity contribution is 0.308. The molecule has 86 valence electrons. The third-order valence-electron chi connectivity index (χ3n) is 2.90. The average molecular weight is 221 g/mol. The molecule has 16 heavy (non-hydrogen) atoms. The Morgan fingerprint density at radius 3 is 2.81 bits per heavy atom. The molecular weight excluding hydrogens is 205 g/mol. The van der Waals surface area contributed by atoms with Crippen molar-refractivity contribution in [1.29, 1.82) is 0 Å². The van der Waals surface area contributed by atoms with E-state index < -0.39 is 0 Å². The number of hydrogen-bond donors (Lipinski definition) is 2. The number of nitrogens with two attached hydrogens (primary N) is 1. The van der Waals surface area contributed by atoms with Crippen LogP contribution in [0.25, 0.3) is 10.9 Å². The Bertz CT molecular complexity index is 490. The normalized spacial score (nSPS) is 13.6. The van der Waals surface area contributed by atoms with E-state index >= 15 is 0 Å². The molecule has 2 rings (SSSR count). The first-order valence-electron chi connectivity index (χ1n) is 5.27. The summed E-state index contributed by atoms with van der Waals surface area (Å²) < 4.78 is 13.5. The van der Waals surface area contributed by atoms with Crippen molar-refractivity contribution in [2.45, 2.75) is 6.04 Å². The van der Waals surface area contributed by atoms with Crippen molar-refractivity contribution in [2.24, 2.45) is 5.73 Å². The topological polar surface area (TPSA) is 45.0 Å². The van der Waals surface area contributed by atoms with Gasteiger partial charge in [0.05, 0.1) is 5.52 Å². The van der Waals surface area contributed by atoms with Gasteiger partial charge in [-0.25, -0.2) is 4.39 Å². The zero-order chi connectivity index (χ0) is 11.7. The Balaban J connectivity index is 2.57. The molecule has 0 bridgehead atoms. The van der Waals surface area contributed by atoms with Crippen molar-refractivity contribution >= 4 is 10.9 Å². The van der Waals surface area contributed by atoms with Gasteiger partial charge in [-0.05, 0) is 25.7 Å². The number of rotatable bonds is 3. The molecule has 0 aliphatic carbocycles. The van der Waals surface area contributed by atoms with Gasteiger partial charge in [-0.3, -0.25) is 0 Å². The molecule has 1 aromatic carbocycles. The molecule has 0 fully saturated rings. The average Bonchev–Trinajstić information content (AvgIpc) is 2.64. The van der Waals surface area contributed by atoms with Crippen LogP contribution < -0.4 is 5.73 Å². The van der Waals surface area contributed by atoms with Crippen LogP contribution in [-0.2, 0) is 0 Å². The fourth-order valence-electron chi connectivity index (χ4n) is 2.03. The van der Waals surface area contributed by atoms with E-state index in [9.17, 15) is 4.39 Å². The summed E-state index contributed by atoms with van der Waals surface area (Å²) >= 11 is 0. The largest absolute Gasteiger partial charge is 0.358 e. The second kappa shape index (κ2) is 4.23. The first kappa shape index (κ1) is 11.1. The minimum absolute atomic E-state index is 0.107. The summed E-state index contributed by atoms with van der Waals surface area (Å²) in [7, 11) is 3.94. The molecule has 3 N–H and O–H groups in total. The van der Waals surface area contributed by atoms with Crippen molar-refractivity contribution in [3.63, 3.8) is 0 Å². The van der Waals surface area contributed by atoms with E-state index in [1.165, 1.54) is 6.07 Å². The highest BCUT2D eigenvalue weighted by Gasteiger charge is 2.17. The minimum atomic E-state index is -0.224. The zero-order valence-corrected chi connectivity index (χ0v) is 9.50. The molecule has 0 aliphatic heterocycles. The number of para-hydroxylation sites is 1. The molecule has 0 saturated carbocycles. The number of halogens is 1. The molecule has 4 heteroatoms. The summed E-state index contributed by atoms with van der Waals surface area (Å²) in [6.07, 6.45) is 1.84. The molecule has 0 aliphatic rings. The lowest BCUT2D eigenvalue weighted by Crippen LogP contribution is -2.26. The Morgan fingerprint density at radius 2 is 2.19 bits per heavy atom. The van der Waals surface area contributed by atoms with Gasteiger partial charge in [0.15, 0.2) is 0 Å². The predicted molar refractivity (Wildman–Crippen MR) is 63.7 cm³/mol. The Morgan fingerprint density at radius 1 is 1.44 bits per heavy atom. The van der Waals surface area contributed by atoms with Crippen LogP contribution in [0.1, 0.15) is 11.6 Å². The molecule has 3 nitrogen and oxygen atoms in total. The van der Waals surface area contributed by atoms with E-state index in [-0.39, 0.29) is 11.9 Å². The fraction of sp³-hybridized carbons (Fsp3) is 0.333. The first-order valence-corrected chi connectivity index (χ1v) is 5.27. The second-order valence-corrected chi connectivity index (χ2v) is 4.12. The highest BCUT2D eigenvalue weighted by molar-refractivity contribution is 5.84. The Kier molecular flexibility index (Phi) is 2.94. The van der Waals surface area contributed by atoms with Crippen molar-refractivity contribution in [3.8, 4) is 0 Å². The molecule has 1 aromatic heterocycles. The van der Waals surface area contributed by atoms with Gasteiger partial charge in [0, 0.05) is 24.2 Å². The number of nitrogens with one attached hydrogen (secondary N) is 1. The number of fused-ring (bicyclic) bond motifs is 1. The van der Waals surface area contributed by atoms with Crippen molar-refractivity contribution in [2.75, 3.05) is 20.6 Å². The van der Waals surface area contributed by atoms with Crippen molar-refractivity contribution in [3.05, 3.63) is 35.8 Å². The van der Waals surface area contributed by atoms with E-state index in [0.717, 1.165) is 10.9 Å². The van der Waals surface area contributed by atoms with Gasteiger partial charge >= 0.3 is 0 Å². The van der Waals surface area contributed by atoms with Crippen LogP contribution in [0.4, 0.5) is 4.39 Å². The zero-order valence-electron chi connectivity index (χ0n) is 9.50. The second-order valence-electron chi connectivity index (χ2n) is 4.12. The monoisotopic (exact) mass is 221 g/mol. The number of aromatic amines is 1. The summed E-state index contributed by atoms with van der Waals surface area (Å²) in [5.41, 5.74) is 7.34. The van der Waals surface area contributed by atoms with Crippen LogP contribution in [0.15, 0.2) is 24.4 Å². The maximum atomic E-state index is 13.5. The predicted octanol–water partition coefficient (Wildman–Crippen LogP) is 1.87. The molecule has 0 radical (unpaired) electrons. The molecule has 0 unspecified atom stereocenters. The van der Waals surface area contributed by atoms with Gasteiger partial charge < -0.3 is 15.6 Å². The van der Waals surface area contributed by atoms with Crippen molar-refractivity contribution < 1.29 is 4.39 Å². The number of hydrogen-bond acceptors (Lipinski definition) is 2. The molecule has 1 heterocycles. The number of benzene rings is 1. The molecular formula is C12H16FN3. The van der Waals surface area contributed by atoms with E-state index in [4.69, 9.17) is 5.73 Å². The van der Waals surface area contributed by atoms with Gasteiger partial charge in [-0.15, -0.1) is 0 Å². The lowest BCUT2D eigenvalue weighted by atomic mass is 10.1. The maximum Gasteiger partial charge on any atom is 0.147 e. The van der Waals surface area contributed by atoms with Gasteiger partial charge in [-0.2, -0.15) is 0 Å². The number of likely N-dealkylation sites (N-methyl/N-ethyl adjacent to an activating group) is 1. The lowest BCUT2D eigenvalue weighted by Gasteiger charge is -2.22. The Hall–Kier alpha value is -1.39. The van der Waals surface area contributed by atoms with Crippen LogP contribution in [0, 0.1) is 5.82 Å². The third-order valence-corrected chi connectivity index (χ3v) is 2.90. The molecule has 0 saturated heterocycles. The molecule has 0 spiro atoms. The van der Waals surface area contributed by atoms with Crippen LogP contribution >= 0.6 is 0 Å². The van der Waals surface area contributed by atoms with Gasteiger partial charge in [-0.1, -0.05) is 12.1 Å². The van der Waals surface area contributed by atoms with Crippen LogP contribution in [-0.4, -0.2) is 30.5 Å². The van der Waals surface area contributed by atoms with Crippen LogP contribution in [0.2, 0.25) is 0 Å². The number of aromatic nitrogens is 1. The Labute approximate surface area is 94.0 Å². The highest BCUT2D eigenvalue weighted by Crippen LogP contribution is 2.27. The molecule has 1 atom stereocenters. The highest BCUT2D eigenvalue weighted by atomic mass is 19.1. The summed E-state index contributed by atoms with van der Waals surface area (Å²) in [6, 6.07) is 5.19. The van der Waals surface area contributed by atoms with Crippen LogP contribution in [0.5, 0.6) is 0 Å². The van der Waals surface area contributed by atoms with Crippen molar-refractivity contribution in [1.82, 2.24) is 9.88 Å².